The number of benzene rings is 2. The summed E-state index contributed by atoms with van der Waals surface area (Å²) in [4.78, 5) is 12.3. The van der Waals surface area contributed by atoms with E-state index in [1.807, 2.05) is 0 Å². The van der Waals surface area contributed by atoms with Gasteiger partial charge in [-0.2, -0.15) is 13.2 Å². The maximum Gasteiger partial charge on any atom is 0.417 e. The van der Waals surface area contributed by atoms with Crippen LogP contribution in [-0.2, 0) is 11.0 Å². The van der Waals surface area contributed by atoms with Gasteiger partial charge < -0.3 is 10.1 Å². The fourth-order valence-electron chi connectivity index (χ4n) is 2.04. The van der Waals surface area contributed by atoms with Crippen LogP contribution in [0.25, 0.3) is 0 Å². The summed E-state index contributed by atoms with van der Waals surface area (Å²) in [6, 6.07) is 9.58. The molecule has 1 N–H and O–H groups in total. The topological polar surface area (TPSA) is 38.3 Å². The van der Waals surface area contributed by atoms with Gasteiger partial charge in [0.15, 0.2) is 6.10 Å². The Labute approximate surface area is 152 Å². The van der Waals surface area contributed by atoms with Crippen LogP contribution in [0.2, 0.25) is 10.0 Å². The minimum atomic E-state index is -4.61. The predicted octanol–water partition coefficient (Wildman–Crippen LogP) is 5.81. The Morgan fingerprint density at radius 3 is 2.36 bits per heavy atom. The zero-order valence-electron chi connectivity index (χ0n) is 13.0. The molecule has 0 heterocycles. The van der Waals surface area contributed by atoms with Gasteiger partial charge in [0, 0.05) is 10.7 Å². The lowest BCUT2D eigenvalue weighted by Gasteiger charge is -2.18. The second-order valence-corrected chi connectivity index (χ2v) is 5.99. The standard InChI is InChI=1S/C17H14Cl2F3NO2/c1-2-15(25-12-6-3-10(18)4-7-12)16(24)23-11-5-8-14(19)13(9-11)17(20,21)22/h3-9,15H,2H2,1H3,(H,23,24)/t15-/m1/s1. The van der Waals surface area contributed by atoms with Crippen LogP contribution in [0.1, 0.15) is 18.9 Å². The summed E-state index contributed by atoms with van der Waals surface area (Å²) >= 11 is 11.3. The predicted molar refractivity (Wildman–Crippen MR) is 91.2 cm³/mol. The van der Waals surface area contributed by atoms with E-state index in [4.69, 9.17) is 27.9 Å². The van der Waals surface area contributed by atoms with Crippen LogP contribution >= 0.6 is 23.2 Å². The van der Waals surface area contributed by atoms with Crippen LogP contribution in [0.5, 0.6) is 5.75 Å². The van der Waals surface area contributed by atoms with Crippen LogP contribution in [-0.4, -0.2) is 12.0 Å². The number of hydrogen-bond donors (Lipinski definition) is 1. The number of hydrogen-bond acceptors (Lipinski definition) is 2. The average Bonchev–Trinajstić information content (AvgIpc) is 2.55. The van der Waals surface area contributed by atoms with Crippen LogP contribution in [0.4, 0.5) is 18.9 Å². The lowest BCUT2D eigenvalue weighted by molar-refractivity contribution is -0.137. The minimum absolute atomic E-state index is 0.0140. The van der Waals surface area contributed by atoms with Crippen molar-refractivity contribution in [2.45, 2.75) is 25.6 Å². The molecule has 8 heteroatoms. The Morgan fingerprint density at radius 2 is 1.80 bits per heavy atom. The average molecular weight is 392 g/mol. The van der Waals surface area contributed by atoms with Crippen LogP contribution in [0.15, 0.2) is 42.5 Å². The van der Waals surface area contributed by atoms with E-state index >= 15 is 0 Å². The molecular weight excluding hydrogens is 378 g/mol. The van der Waals surface area contributed by atoms with Gasteiger partial charge in [-0.1, -0.05) is 30.1 Å². The van der Waals surface area contributed by atoms with Gasteiger partial charge in [-0.3, -0.25) is 4.79 Å². The van der Waals surface area contributed by atoms with E-state index in [1.54, 1.807) is 31.2 Å². The van der Waals surface area contributed by atoms with E-state index in [9.17, 15) is 18.0 Å². The van der Waals surface area contributed by atoms with Gasteiger partial charge in [0.1, 0.15) is 5.75 Å². The van der Waals surface area contributed by atoms with Gasteiger partial charge in [-0.25, -0.2) is 0 Å². The Kier molecular flexibility index (Phi) is 6.19. The van der Waals surface area contributed by atoms with Gasteiger partial charge in [-0.05, 0) is 48.9 Å². The molecule has 0 fully saturated rings. The zero-order valence-corrected chi connectivity index (χ0v) is 14.5. The van der Waals surface area contributed by atoms with E-state index in [2.05, 4.69) is 5.32 Å². The highest BCUT2D eigenvalue weighted by molar-refractivity contribution is 6.31. The molecule has 0 aromatic heterocycles. The lowest BCUT2D eigenvalue weighted by atomic mass is 10.1. The molecule has 0 radical (unpaired) electrons. The Hall–Kier alpha value is -1.92. The van der Waals surface area contributed by atoms with E-state index < -0.39 is 28.8 Å². The van der Waals surface area contributed by atoms with Crippen LogP contribution in [0, 0.1) is 0 Å². The number of anilines is 1. The van der Waals surface area contributed by atoms with Crippen molar-refractivity contribution in [3.63, 3.8) is 0 Å². The summed E-state index contributed by atoms with van der Waals surface area (Å²) < 4.78 is 44.2. The molecule has 0 aliphatic heterocycles. The first-order valence-corrected chi connectivity index (χ1v) is 8.06. The highest BCUT2D eigenvalue weighted by Crippen LogP contribution is 2.36. The summed E-state index contributed by atoms with van der Waals surface area (Å²) in [7, 11) is 0. The number of ether oxygens (including phenoxy) is 1. The summed E-state index contributed by atoms with van der Waals surface area (Å²) in [6.07, 6.45) is -5.15. The molecule has 0 spiro atoms. The van der Waals surface area contributed by atoms with Crippen molar-refractivity contribution in [2.24, 2.45) is 0 Å². The van der Waals surface area contributed by atoms with Gasteiger partial charge >= 0.3 is 6.18 Å². The quantitative estimate of drug-likeness (QED) is 0.698. The first-order chi connectivity index (χ1) is 11.7. The summed E-state index contributed by atoms with van der Waals surface area (Å²) in [6.45, 7) is 1.73. The highest BCUT2D eigenvalue weighted by Gasteiger charge is 2.33. The molecule has 2 rings (SSSR count). The molecule has 2 aromatic rings. The molecule has 134 valence electrons. The molecule has 2 aromatic carbocycles. The van der Waals surface area contributed by atoms with Crippen LogP contribution in [0.3, 0.4) is 0 Å². The molecule has 1 amide bonds. The number of alkyl halides is 3. The molecule has 0 aliphatic rings. The molecule has 0 aliphatic carbocycles. The third-order valence-corrected chi connectivity index (χ3v) is 3.88. The molecule has 3 nitrogen and oxygen atoms in total. The minimum Gasteiger partial charge on any atom is -0.481 e. The van der Waals surface area contributed by atoms with E-state index in [1.165, 1.54) is 6.07 Å². The van der Waals surface area contributed by atoms with Gasteiger partial charge in [0.25, 0.3) is 5.91 Å². The van der Waals surface area contributed by atoms with Crippen molar-refractivity contribution in [2.75, 3.05) is 5.32 Å². The Morgan fingerprint density at radius 1 is 1.16 bits per heavy atom. The van der Waals surface area contributed by atoms with Crippen LogP contribution < -0.4 is 10.1 Å². The molecule has 0 unspecified atom stereocenters. The zero-order chi connectivity index (χ0) is 18.6. The monoisotopic (exact) mass is 391 g/mol. The lowest BCUT2D eigenvalue weighted by Crippen LogP contribution is -2.32. The third-order valence-electron chi connectivity index (χ3n) is 3.29. The van der Waals surface area contributed by atoms with Crippen molar-refractivity contribution >= 4 is 34.8 Å². The molecule has 0 bridgehead atoms. The van der Waals surface area contributed by atoms with E-state index in [-0.39, 0.29) is 5.69 Å². The number of rotatable bonds is 5. The molecule has 0 saturated carbocycles. The SMILES string of the molecule is CC[C@@H](Oc1ccc(Cl)cc1)C(=O)Nc1ccc(Cl)c(C(F)(F)F)c1. The Balaban J connectivity index is 2.12. The number of carbonyl (C=O) groups is 1. The fraction of sp³-hybridized carbons (Fsp3) is 0.235. The highest BCUT2D eigenvalue weighted by atomic mass is 35.5. The molecule has 1 atom stereocenters. The summed E-state index contributed by atoms with van der Waals surface area (Å²) in [5, 5.41) is 2.50. The number of halogens is 5. The molecule has 0 saturated heterocycles. The summed E-state index contributed by atoms with van der Waals surface area (Å²) in [5.74, 6) is -0.133. The van der Waals surface area contributed by atoms with Crippen molar-refractivity contribution in [1.82, 2.24) is 0 Å². The maximum absolute atomic E-state index is 12.9. The maximum atomic E-state index is 12.9. The fourth-order valence-corrected chi connectivity index (χ4v) is 2.39. The third kappa shape index (κ3) is 5.28. The van der Waals surface area contributed by atoms with Gasteiger partial charge in [0.2, 0.25) is 0 Å². The smallest absolute Gasteiger partial charge is 0.417 e. The second-order valence-electron chi connectivity index (χ2n) is 5.15. The Bertz CT molecular complexity index is 749. The largest absolute Gasteiger partial charge is 0.481 e. The van der Waals surface area contributed by atoms with E-state index in [0.717, 1.165) is 12.1 Å². The van der Waals surface area contributed by atoms with Crippen molar-refractivity contribution in [1.29, 1.82) is 0 Å². The van der Waals surface area contributed by atoms with Crippen molar-refractivity contribution in [3.8, 4) is 5.75 Å². The first-order valence-electron chi connectivity index (χ1n) is 7.30. The number of amides is 1. The van der Waals surface area contributed by atoms with E-state index in [0.29, 0.717) is 17.2 Å². The normalized spacial score (nSPS) is 12.6. The summed E-state index contributed by atoms with van der Waals surface area (Å²) in [5.41, 5.74) is -1.03. The first kappa shape index (κ1) is 19.4. The van der Waals surface area contributed by atoms with Gasteiger partial charge in [-0.15, -0.1) is 0 Å². The molecular formula is C17H14Cl2F3NO2. The van der Waals surface area contributed by atoms with Crippen molar-refractivity contribution < 1.29 is 22.7 Å². The van der Waals surface area contributed by atoms with Crippen molar-refractivity contribution in [3.05, 3.63) is 58.1 Å². The number of carbonyl (C=O) groups excluding carboxylic acids is 1. The second kappa shape index (κ2) is 7.97. The number of nitrogens with one attached hydrogen (secondary N) is 1. The van der Waals surface area contributed by atoms with Gasteiger partial charge in [0.05, 0.1) is 10.6 Å². The molecule has 25 heavy (non-hydrogen) atoms.